The number of likely N-dealkylation sites (tertiary alicyclic amines) is 1. The quantitative estimate of drug-likeness (QED) is 0.691. The Morgan fingerprint density at radius 2 is 2.00 bits per heavy atom. The van der Waals surface area contributed by atoms with Crippen molar-refractivity contribution in [3.8, 4) is 0 Å². The normalized spacial score (nSPS) is 21.1. The highest BCUT2D eigenvalue weighted by atomic mass is 16.2. The summed E-state index contributed by atoms with van der Waals surface area (Å²) in [7, 11) is 0. The molecule has 1 saturated heterocycles. The Kier molecular flexibility index (Phi) is 5.75. The van der Waals surface area contributed by atoms with Crippen LogP contribution < -0.4 is 16.4 Å². The first-order valence-corrected chi connectivity index (χ1v) is 6.86. The molecule has 4 N–H and O–H groups in total. The number of piperidine rings is 1. The van der Waals surface area contributed by atoms with Crippen LogP contribution in [-0.2, 0) is 4.79 Å². The minimum absolute atomic E-state index is 0.0681. The molecule has 0 saturated carbocycles. The van der Waals surface area contributed by atoms with Gasteiger partial charge in [-0.05, 0) is 40.2 Å². The zero-order valence-electron chi connectivity index (χ0n) is 12.2. The van der Waals surface area contributed by atoms with Crippen LogP contribution in [0.4, 0.5) is 4.79 Å². The van der Waals surface area contributed by atoms with E-state index in [0.29, 0.717) is 6.04 Å². The average Bonchev–Trinajstić information content (AvgIpc) is 2.25. The van der Waals surface area contributed by atoms with Crippen LogP contribution in [0.2, 0.25) is 0 Å². The largest absolute Gasteiger partial charge is 0.351 e. The third kappa shape index (κ3) is 6.54. The van der Waals surface area contributed by atoms with Crippen molar-refractivity contribution in [3.63, 3.8) is 0 Å². The summed E-state index contributed by atoms with van der Waals surface area (Å²) in [5.41, 5.74) is 5.02. The number of urea groups is 1. The molecule has 0 aromatic rings. The molecule has 19 heavy (non-hydrogen) atoms. The molecule has 1 aliphatic heterocycles. The first-order chi connectivity index (χ1) is 8.78. The molecule has 0 spiro atoms. The Labute approximate surface area is 115 Å². The second-order valence-electron chi connectivity index (χ2n) is 6.16. The molecule has 3 amide bonds. The van der Waals surface area contributed by atoms with Crippen LogP contribution in [0, 0.1) is 0 Å². The molecule has 1 fully saturated rings. The number of carbonyl (C=O) groups excluding carboxylic acids is 2. The Bertz CT molecular complexity index is 325. The number of rotatable bonds is 4. The van der Waals surface area contributed by atoms with Crippen molar-refractivity contribution in [2.45, 2.75) is 51.6 Å². The summed E-state index contributed by atoms with van der Waals surface area (Å²) in [4.78, 5) is 24.4. The summed E-state index contributed by atoms with van der Waals surface area (Å²) in [6, 6.07) is -0.446. The number of imide groups is 1. The SMILES string of the molecule is CC(C)(C)NCC1CCCCN1CC(=O)NC(N)=O. The molecular formula is C13H26N4O2. The smallest absolute Gasteiger partial charge is 0.318 e. The third-order valence-electron chi connectivity index (χ3n) is 3.23. The molecule has 1 heterocycles. The van der Waals surface area contributed by atoms with Crippen molar-refractivity contribution in [3.05, 3.63) is 0 Å². The number of carbonyl (C=O) groups is 2. The molecule has 0 bridgehead atoms. The lowest BCUT2D eigenvalue weighted by molar-refractivity contribution is -0.122. The van der Waals surface area contributed by atoms with Crippen LogP contribution in [0.1, 0.15) is 40.0 Å². The zero-order chi connectivity index (χ0) is 14.5. The zero-order valence-corrected chi connectivity index (χ0v) is 12.2. The fraction of sp³-hybridized carbons (Fsp3) is 0.846. The highest BCUT2D eigenvalue weighted by Crippen LogP contribution is 2.16. The first-order valence-electron chi connectivity index (χ1n) is 6.86. The second-order valence-corrected chi connectivity index (χ2v) is 6.16. The summed E-state index contributed by atoms with van der Waals surface area (Å²) < 4.78 is 0. The van der Waals surface area contributed by atoms with Gasteiger partial charge in [0.15, 0.2) is 0 Å². The van der Waals surface area contributed by atoms with Crippen LogP contribution >= 0.6 is 0 Å². The molecule has 6 nitrogen and oxygen atoms in total. The molecule has 1 aliphatic rings. The predicted octanol–water partition coefficient (Wildman–Crippen LogP) is 0.424. The van der Waals surface area contributed by atoms with Gasteiger partial charge in [0.2, 0.25) is 5.91 Å². The van der Waals surface area contributed by atoms with Crippen LogP contribution in [-0.4, -0.2) is 48.1 Å². The van der Waals surface area contributed by atoms with Gasteiger partial charge in [0, 0.05) is 18.1 Å². The van der Waals surface area contributed by atoms with E-state index in [2.05, 4.69) is 36.3 Å². The van der Waals surface area contributed by atoms with Gasteiger partial charge in [-0.2, -0.15) is 0 Å². The van der Waals surface area contributed by atoms with Crippen LogP contribution in [0.25, 0.3) is 0 Å². The van der Waals surface area contributed by atoms with Gasteiger partial charge in [-0.25, -0.2) is 4.79 Å². The fourth-order valence-corrected chi connectivity index (χ4v) is 2.28. The van der Waals surface area contributed by atoms with Crippen molar-refractivity contribution in [2.24, 2.45) is 5.73 Å². The van der Waals surface area contributed by atoms with Gasteiger partial charge in [-0.3, -0.25) is 15.0 Å². The summed E-state index contributed by atoms with van der Waals surface area (Å²) in [5.74, 6) is -0.324. The van der Waals surface area contributed by atoms with E-state index in [1.165, 1.54) is 6.42 Å². The topological polar surface area (TPSA) is 87.5 Å². The molecule has 0 radical (unpaired) electrons. The molecule has 0 aromatic carbocycles. The molecule has 0 aromatic heterocycles. The monoisotopic (exact) mass is 270 g/mol. The Morgan fingerprint density at radius 3 is 2.58 bits per heavy atom. The number of amides is 3. The third-order valence-corrected chi connectivity index (χ3v) is 3.23. The second kappa shape index (κ2) is 6.86. The first kappa shape index (κ1) is 15.9. The van der Waals surface area contributed by atoms with Crippen molar-refractivity contribution in [1.82, 2.24) is 15.5 Å². The van der Waals surface area contributed by atoms with Crippen molar-refractivity contribution >= 4 is 11.9 Å². The van der Waals surface area contributed by atoms with Crippen LogP contribution in [0.3, 0.4) is 0 Å². The maximum absolute atomic E-state index is 11.6. The average molecular weight is 270 g/mol. The van der Waals surface area contributed by atoms with Gasteiger partial charge in [-0.15, -0.1) is 0 Å². The van der Waals surface area contributed by atoms with Gasteiger partial charge >= 0.3 is 6.03 Å². The Hall–Kier alpha value is -1.14. The van der Waals surface area contributed by atoms with E-state index in [9.17, 15) is 9.59 Å². The number of primary amides is 1. The van der Waals surface area contributed by atoms with E-state index < -0.39 is 6.03 Å². The van der Waals surface area contributed by atoms with E-state index in [-0.39, 0.29) is 18.0 Å². The number of nitrogens with two attached hydrogens (primary N) is 1. The van der Waals surface area contributed by atoms with E-state index in [4.69, 9.17) is 5.73 Å². The molecule has 110 valence electrons. The summed E-state index contributed by atoms with van der Waals surface area (Å²) in [6.07, 6.45) is 3.35. The number of hydrogen-bond acceptors (Lipinski definition) is 4. The summed E-state index contributed by atoms with van der Waals surface area (Å²) >= 11 is 0. The number of nitrogens with one attached hydrogen (secondary N) is 2. The van der Waals surface area contributed by atoms with E-state index in [0.717, 1.165) is 25.9 Å². The molecule has 1 unspecified atom stereocenters. The lowest BCUT2D eigenvalue weighted by Gasteiger charge is -2.37. The van der Waals surface area contributed by atoms with Crippen LogP contribution in [0.15, 0.2) is 0 Å². The highest BCUT2D eigenvalue weighted by Gasteiger charge is 2.25. The molecular weight excluding hydrogens is 244 g/mol. The standard InChI is InChI=1S/C13H26N4O2/c1-13(2,3)15-8-10-6-4-5-7-17(10)9-11(18)16-12(14)19/h10,15H,4-9H2,1-3H3,(H3,14,16,18,19). The molecule has 6 heteroatoms. The van der Waals surface area contributed by atoms with Gasteiger partial charge < -0.3 is 11.1 Å². The van der Waals surface area contributed by atoms with Crippen molar-refractivity contribution < 1.29 is 9.59 Å². The van der Waals surface area contributed by atoms with Gasteiger partial charge in [-0.1, -0.05) is 6.42 Å². The molecule has 0 aliphatic carbocycles. The van der Waals surface area contributed by atoms with Crippen LogP contribution in [0.5, 0.6) is 0 Å². The molecule has 1 atom stereocenters. The Balaban J connectivity index is 2.48. The van der Waals surface area contributed by atoms with Gasteiger partial charge in [0.1, 0.15) is 0 Å². The van der Waals surface area contributed by atoms with Crippen molar-refractivity contribution in [1.29, 1.82) is 0 Å². The fourth-order valence-electron chi connectivity index (χ4n) is 2.28. The highest BCUT2D eigenvalue weighted by molar-refractivity contribution is 5.94. The summed E-state index contributed by atoms with van der Waals surface area (Å²) in [5, 5.41) is 5.59. The maximum Gasteiger partial charge on any atom is 0.318 e. The van der Waals surface area contributed by atoms with Crippen molar-refractivity contribution in [2.75, 3.05) is 19.6 Å². The van der Waals surface area contributed by atoms with Gasteiger partial charge in [0.05, 0.1) is 6.54 Å². The van der Waals surface area contributed by atoms with E-state index in [1.54, 1.807) is 0 Å². The molecule has 1 rings (SSSR count). The maximum atomic E-state index is 11.6. The minimum atomic E-state index is -0.786. The lowest BCUT2D eigenvalue weighted by atomic mass is 10.0. The number of nitrogens with zero attached hydrogens (tertiary/aromatic N) is 1. The van der Waals surface area contributed by atoms with Gasteiger partial charge in [0.25, 0.3) is 0 Å². The minimum Gasteiger partial charge on any atom is -0.351 e. The van der Waals surface area contributed by atoms with E-state index >= 15 is 0 Å². The lowest BCUT2D eigenvalue weighted by Crippen LogP contribution is -2.52. The number of hydrogen-bond donors (Lipinski definition) is 3. The summed E-state index contributed by atoms with van der Waals surface area (Å²) in [6.45, 7) is 8.36. The predicted molar refractivity (Wildman–Crippen MR) is 74.7 cm³/mol. The van der Waals surface area contributed by atoms with E-state index in [1.807, 2.05) is 0 Å². The Morgan fingerprint density at radius 1 is 1.32 bits per heavy atom.